The number of aryl methyl sites for hydroxylation is 2. The van der Waals surface area contributed by atoms with Gasteiger partial charge in [-0.2, -0.15) is 4.63 Å². The molecule has 0 bridgehead atoms. The smallest absolute Gasteiger partial charge is 0.265 e. The zero-order valence-electron chi connectivity index (χ0n) is 25.5. The zero-order valence-corrected chi connectivity index (χ0v) is 26.4. The van der Waals surface area contributed by atoms with Gasteiger partial charge < -0.3 is 10.1 Å². The Morgan fingerprint density at radius 3 is 2.43 bits per heavy atom. The molecule has 0 aliphatic rings. The van der Waals surface area contributed by atoms with Gasteiger partial charge in [-0.25, -0.2) is 13.4 Å². The molecule has 42 heavy (non-hydrogen) atoms. The standard InChI is InChI=1S/C31H42N6O4S/c1-8-9-10-11-12-26(41-25-14-13-20(2)15-21(25)3)30(38)32-23-16-22(17-24(18-23)36-42(7,39)40)29-33-28-19-27(31(4,5)6)34-37(28)35-29/h13-19,26,34,36H,8-12H2,1-7H3,(H,32,38). The van der Waals surface area contributed by atoms with Crippen molar-refractivity contribution < 1.29 is 17.9 Å². The van der Waals surface area contributed by atoms with Gasteiger partial charge >= 0.3 is 0 Å². The number of unbranched alkanes of at least 4 members (excludes halogenated alkanes) is 3. The normalized spacial score (nSPS) is 12.8. The maximum atomic E-state index is 13.6. The third-order valence-corrected chi connectivity index (χ3v) is 7.52. The number of aromatic nitrogens is 4. The van der Waals surface area contributed by atoms with Crippen LogP contribution in [0, 0.1) is 13.8 Å². The van der Waals surface area contributed by atoms with Crippen LogP contribution in [0.5, 0.6) is 5.75 Å². The minimum Gasteiger partial charge on any atom is -0.480 e. The molecule has 1 atom stereocenters. The van der Waals surface area contributed by atoms with Crippen LogP contribution in [0.1, 0.15) is 76.6 Å². The minimum atomic E-state index is -3.58. The first kappa shape index (κ1) is 31.1. The number of aromatic amines is 1. The Kier molecular flexibility index (Phi) is 9.30. The number of amides is 1. The summed E-state index contributed by atoms with van der Waals surface area (Å²) < 4.78 is 34.5. The molecule has 0 spiro atoms. The molecule has 3 N–H and O–H groups in total. The van der Waals surface area contributed by atoms with E-state index in [-0.39, 0.29) is 17.0 Å². The topological polar surface area (TPSA) is 130 Å². The number of benzene rings is 2. The van der Waals surface area contributed by atoms with Crippen LogP contribution in [0.25, 0.3) is 17.0 Å². The van der Waals surface area contributed by atoms with E-state index >= 15 is 0 Å². The molecule has 4 aromatic rings. The molecule has 11 heteroatoms. The highest BCUT2D eigenvalue weighted by Gasteiger charge is 2.23. The second-order valence-corrected chi connectivity index (χ2v) is 13.8. The van der Waals surface area contributed by atoms with Gasteiger partial charge in [0, 0.05) is 28.4 Å². The number of hydrogen-bond donors (Lipinski definition) is 3. The maximum Gasteiger partial charge on any atom is 0.265 e. The summed E-state index contributed by atoms with van der Waals surface area (Å²) >= 11 is 0. The number of anilines is 2. The van der Waals surface area contributed by atoms with Gasteiger partial charge in [-0.1, -0.05) is 64.7 Å². The van der Waals surface area contributed by atoms with Gasteiger partial charge in [-0.15, -0.1) is 5.10 Å². The van der Waals surface area contributed by atoms with E-state index in [0.717, 1.165) is 48.8 Å². The van der Waals surface area contributed by atoms with Crippen LogP contribution >= 0.6 is 0 Å². The van der Waals surface area contributed by atoms with E-state index in [2.05, 4.69) is 52.9 Å². The van der Waals surface area contributed by atoms with Crippen LogP contribution in [-0.4, -0.2) is 46.5 Å². The molecule has 2 aromatic carbocycles. The van der Waals surface area contributed by atoms with Crippen LogP contribution in [0.2, 0.25) is 0 Å². The van der Waals surface area contributed by atoms with Crippen molar-refractivity contribution >= 4 is 33.0 Å². The van der Waals surface area contributed by atoms with E-state index in [4.69, 9.17) is 4.74 Å². The lowest BCUT2D eigenvalue weighted by molar-refractivity contribution is -0.123. The molecular weight excluding hydrogens is 552 g/mol. The predicted octanol–water partition coefficient (Wildman–Crippen LogP) is 6.37. The van der Waals surface area contributed by atoms with Gasteiger partial charge in [0.25, 0.3) is 5.91 Å². The Bertz CT molecular complexity index is 1630. The monoisotopic (exact) mass is 594 g/mol. The number of sulfonamides is 1. The first-order valence-electron chi connectivity index (χ1n) is 14.4. The molecule has 2 heterocycles. The summed E-state index contributed by atoms with van der Waals surface area (Å²) in [5, 5.41) is 10.8. The number of rotatable bonds is 12. The predicted molar refractivity (Wildman–Crippen MR) is 168 cm³/mol. The third kappa shape index (κ3) is 8.12. The molecule has 2 aromatic heterocycles. The van der Waals surface area contributed by atoms with Gasteiger partial charge in [0.1, 0.15) is 5.75 Å². The van der Waals surface area contributed by atoms with E-state index in [1.54, 1.807) is 22.8 Å². The summed E-state index contributed by atoms with van der Waals surface area (Å²) in [6.45, 7) is 12.4. The van der Waals surface area contributed by atoms with Crippen molar-refractivity contribution in [2.75, 3.05) is 16.3 Å². The SMILES string of the molecule is CCCCCCC(Oc1ccc(C)cc1C)C(=O)Nc1cc(NS(C)(=O)=O)cc(-c2nc3cc(C(C)(C)C)[nH]n3n2)c1. The van der Waals surface area contributed by atoms with Crippen LogP contribution in [-0.2, 0) is 20.2 Å². The van der Waals surface area contributed by atoms with Gasteiger partial charge in [0.2, 0.25) is 10.0 Å². The average molecular weight is 595 g/mol. The lowest BCUT2D eigenvalue weighted by atomic mass is 9.93. The molecule has 226 valence electrons. The number of nitrogens with zero attached hydrogens (tertiary/aromatic N) is 3. The Balaban J connectivity index is 1.64. The molecule has 4 rings (SSSR count). The summed E-state index contributed by atoms with van der Waals surface area (Å²) in [6.07, 6.45) is 4.93. The minimum absolute atomic E-state index is 0.106. The molecule has 0 aliphatic carbocycles. The highest BCUT2D eigenvalue weighted by atomic mass is 32.2. The van der Waals surface area contributed by atoms with Gasteiger partial charge in [-0.05, 0) is 56.5 Å². The Hall–Kier alpha value is -3.86. The van der Waals surface area contributed by atoms with E-state index < -0.39 is 16.1 Å². The molecule has 0 aliphatic heterocycles. The Morgan fingerprint density at radius 2 is 1.79 bits per heavy atom. The first-order chi connectivity index (χ1) is 19.7. The summed E-state index contributed by atoms with van der Waals surface area (Å²) in [4.78, 5) is 18.3. The summed E-state index contributed by atoms with van der Waals surface area (Å²) in [7, 11) is -3.58. The molecule has 10 nitrogen and oxygen atoms in total. The Labute approximate surface area is 248 Å². The average Bonchev–Trinajstić information content (AvgIpc) is 3.46. The molecule has 1 amide bonds. The lowest BCUT2D eigenvalue weighted by Crippen LogP contribution is -2.33. The molecule has 0 fully saturated rings. The number of hydrogen-bond acceptors (Lipinski definition) is 6. The highest BCUT2D eigenvalue weighted by Crippen LogP contribution is 2.29. The van der Waals surface area contributed by atoms with Crippen molar-refractivity contribution in [3.05, 3.63) is 59.3 Å². The zero-order chi connectivity index (χ0) is 30.7. The van der Waals surface area contributed by atoms with E-state index in [1.165, 1.54) is 0 Å². The third-order valence-electron chi connectivity index (χ3n) is 6.91. The number of carbonyl (C=O) groups excluding carboxylic acids is 1. The van der Waals surface area contributed by atoms with E-state index in [9.17, 15) is 13.2 Å². The van der Waals surface area contributed by atoms with E-state index in [1.807, 2.05) is 38.1 Å². The van der Waals surface area contributed by atoms with Gasteiger partial charge in [-0.3, -0.25) is 14.6 Å². The molecule has 0 saturated carbocycles. The highest BCUT2D eigenvalue weighted by molar-refractivity contribution is 7.92. The fourth-order valence-electron chi connectivity index (χ4n) is 4.69. The van der Waals surface area contributed by atoms with Crippen LogP contribution in [0.4, 0.5) is 11.4 Å². The fourth-order valence-corrected chi connectivity index (χ4v) is 5.24. The van der Waals surface area contributed by atoms with Crippen LogP contribution in [0.3, 0.4) is 0 Å². The van der Waals surface area contributed by atoms with Crippen molar-refractivity contribution in [2.45, 2.75) is 85.2 Å². The van der Waals surface area contributed by atoms with Crippen molar-refractivity contribution in [1.82, 2.24) is 19.8 Å². The quantitative estimate of drug-likeness (QED) is 0.164. The lowest BCUT2D eigenvalue weighted by Gasteiger charge is -2.21. The van der Waals surface area contributed by atoms with Crippen LogP contribution in [0.15, 0.2) is 42.5 Å². The second kappa shape index (κ2) is 12.6. The molecule has 1 unspecified atom stereocenters. The van der Waals surface area contributed by atoms with Gasteiger partial charge in [0.15, 0.2) is 17.6 Å². The molecule has 0 radical (unpaired) electrons. The first-order valence-corrected chi connectivity index (χ1v) is 16.3. The second-order valence-electron chi connectivity index (χ2n) is 12.0. The van der Waals surface area contributed by atoms with Crippen molar-refractivity contribution in [2.24, 2.45) is 0 Å². The number of fused-ring (bicyclic) bond motifs is 1. The number of H-pyrrole nitrogens is 1. The molecular formula is C31H42N6O4S. The van der Waals surface area contributed by atoms with E-state index in [0.29, 0.717) is 34.9 Å². The Morgan fingerprint density at radius 1 is 1.05 bits per heavy atom. The fraction of sp³-hybridized carbons (Fsp3) is 0.452. The largest absolute Gasteiger partial charge is 0.480 e. The summed E-state index contributed by atoms with van der Waals surface area (Å²) in [5.41, 5.74) is 4.82. The molecule has 0 saturated heterocycles. The maximum absolute atomic E-state index is 13.6. The van der Waals surface area contributed by atoms with Crippen molar-refractivity contribution in [3.63, 3.8) is 0 Å². The number of carbonyl (C=O) groups is 1. The summed E-state index contributed by atoms with van der Waals surface area (Å²) in [6, 6.07) is 12.8. The van der Waals surface area contributed by atoms with Crippen molar-refractivity contribution in [3.8, 4) is 17.1 Å². The van der Waals surface area contributed by atoms with Crippen LogP contribution < -0.4 is 14.8 Å². The summed E-state index contributed by atoms with van der Waals surface area (Å²) in [5.74, 6) is 0.738. The number of ether oxygens (including phenoxy) is 1. The van der Waals surface area contributed by atoms with Crippen molar-refractivity contribution in [1.29, 1.82) is 0 Å². The number of nitrogens with one attached hydrogen (secondary N) is 3. The van der Waals surface area contributed by atoms with Gasteiger partial charge in [0.05, 0.1) is 11.9 Å².